The van der Waals surface area contributed by atoms with Gasteiger partial charge < -0.3 is 5.32 Å². The van der Waals surface area contributed by atoms with Crippen molar-refractivity contribution in [2.45, 2.75) is 37.3 Å². The van der Waals surface area contributed by atoms with Gasteiger partial charge in [0.05, 0.1) is 10.9 Å². The standard InChI is InChI=1S/C17H19N3OS.ClH/c21-15(13-10-12-2-1-7-18-16(12)22-13)19-14-11-3-8-20(9-4-11)17(14)5-6-17;/h1-2,7,10-11,14H,3-6,8-9H2,(H,19,21);1H/t14-;/m1./s1. The molecule has 6 rings (SSSR count). The van der Waals surface area contributed by atoms with Crippen LogP contribution in [-0.4, -0.2) is 40.5 Å². The molecule has 4 aliphatic rings. The van der Waals surface area contributed by atoms with E-state index in [0.717, 1.165) is 15.1 Å². The molecule has 23 heavy (non-hydrogen) atoms. The van der Waals surface area contributed by atoms with Crippen LogP contribution in [0.4, 0.5) is 0 Å². The number of hydrogen-bond donors (Lipinski definition) is 1. The van der Waals surface area contributed by atoms with Crippen LogP contribution in [0.5, 0.6) is 0 Å². The number of carbonyl (C=O) groups is 1. The second-order valence-corrected chi connectivity index (χ2v) is 7.92. The minimum Gasteiger partial charge on any atom is -0.346 e. The molecule has 2 aromatic rings. The Labute approximate surface area is 145 Å². The van der Waals surface area contributed by atoms with Crippen LogP contribution in [0.1, 0.15) is 35.4 Å². The molecule has 4 fully saturated rings. The fourth-order valence-electron chi connectivity index (χ4n) is 4.52. The quantitative estimate of drug-likeness (QED) is 0.906. The summed E-state index contributed by atoms with van der Waals surface area (Å²) < 4.78 is 0. The number of halogens is 1. The summed E-state index contributed by atoms with van der Waals surface area (Å²) in [6, 6.07) is 6.26. The first kappa shape index (κ1) is 15.4. The van der Waals surface area contributed by atoms with Gasteiger partial charge in [0.15, 0.2) is 0 Å². The lowest BCUT2D eigenvalue weighted by molar-refractivity contribution is -0.00138. The topological polar surface area (TPSA) is 45.2 Å². The van der Waals surface area contributed by atoms with E-state index in [9.17, 15) is 4.79 Å². The molecular formula is C17H20ClN3OS. The fourth-order valence-corrected chi connectivity index (χ4v) is 5.42. The molecule has 3 saturated heterocycles. The van der Waals surface area contributed by atoms with Gasteiger partial charge in [-0.1, -0.05) is 6.07 Å². The maximum Gasteiger partial charge on any atom is 0.261 e. The molecule has 0 aromatic carbocycles. The maximum absolute atomic E-state index is 12.7. The average Bonchev–Trinajstić information content (AvgIpc) is 3.20. The molecule has 1 atom stereocenters. The van der Waals surface area contributed by atoms with Crippen LogP contribution in [0.15, 0.2) is 24.4 Å². The van der Waals surface area contributed by atoms with E-state index in [4.69, 9.17) is 0 Å². The molecule has 122 valence electrons. The van der Waals surface area contributed by atoms with Gasteiger partial charge in [-0.15, -0.1) is 23.7 Å². The summed E-state index contributed by atoms with van der Waals surface area (Å²) in [4.78, 5) is 21.4. The first-order valence-electron chi connectivity index (χ1n) is 8.17. The summed E-state index contributed by atoms with van der Waals surface area (Å²) in [6.07, 6.45) is 6.76. The number of carbonyl (C=O) groups excluding carboxylic acids is 1. The third-order valence-electron chi connectivity index (χ3n) is 5.79. The largest absolute Gasteiger partial charge is 0.346 e. The van der Waals surface area contributed by atoms with E-state index in [0.29, 0.717) is 17.5 Å². The van der Waals surface area contributed by atoms with Crippen LogP contribution in [0.2, 0.25) is 0 Å². The highest BCUT2D eigenvalue weighted by atomic mass is 35.5. The van der Waals surface area contributed by atoms with Crippen LogP contribution in [0.25, 0.3) is 10.2 Å². The summed E-state index contributed by atoms with van der Waals surface area (Å²) >= 11 is 1.50. The summed E-state index contributed by atoms with van der Waals surface area (Å²) in [7, 11) is 0. The fraction of sp³-hybridized carbons (Fsp3) is 0.529. The number of nitrogens with zero attached hydrogens (tertiary/aromatic N) is 2. The molecule has 1 spiro atoms. The second kappa shape index (κ2) is 5.43. The van der Waals surface area contributed by atoms with Crippen LogP contribution in [-0.2, 0) is 0 Å². The van der Waals surface area contributed by atoms with Crippen LogP contribution in [0, 0.1) is 5.92 Å². The molecule has 1 aliphatic carbocycles. The van der Waals surface area contributed by atoms with Gasteiger partial charge in [0.1, 0.15) is 4.83 Å². The lowest BCUT2D eigenvalue weighted by Gasteiger charge is -2.52. The molecule has 2 bridgehead atoms. The minimum atomic E-state index is 0. The minimum absolute atomic E-state index is 0. The predicted molar refractivity (Wildman–Crippen MR) is 94.4 cm³/mol. The van der Waals surface area contributed by atoms with Gasteiger partial charge in [0.25, 0.3) is 5.91 Å². The van der Waals surface area contributed by atoms with Gasteiger partial charge in [-0.2, -0.15) is 0 Å². The van der Waals surface area contributed by atoms with E-state index < -0.39 is 0 Å². The lowest BCUT2D eigenvalue weighted by atomic mass is 9.77. The van der Waals surface area contributed by atoms with E-state index in [1.54, 1.807) is 6.20 Å². The second-order valence-electron chi connectivity index (χ2n) is 6.89. The van der Waals surface area contributed by atoms with Crippen LogP contribution in [0.3, 0.4) is 0 Å². The Morgan fingerprint density at radius 3 is 2.83 bits per heavy atom. The summed E-state index contributed by atoms with van der Waals surface area (Å²) in [5, 5.41) is 4.45. The molecule has 0 radical (unpaired) electrons. The van der Waals surface area contributed by atoms with Gasteiger partial charge in [0.2, 0.25) is 0 Å². The lowest BCUT2D eigenvalue weighted by Crippen LogP contribution is -2.65. The van der Waals surface area contributed by atoms with Crippen molar-refractivity contribution in [3.8, 4) is 0 Å². The smallest absolute Gasteiger partial charge is 0.261 e. The predicted octanol–water partition coefficient (Wildman–Crippen LogP) is 3.07. The monoisotopic (exact) mass is 349 g/mol. The zero-order valence-corrected chi connectivity index (χ0v) is 14.5. The number of aromatic nitrogens is 1. The first-order chi connectivity index (χ1) is 10.8. The van der Waals surface area contributed by atoms with Gasteiger partial charge in [-0.05, 0) is 56.8 Å². The average molecular weight is 350 g/mol. The number of rotatable bonds is 2. The van der Waals surface area contributed by atoms with E-state index in [2.05, 4.69) is 15.2 Å². The summed E-state index contributed by atoms with van der Waals surface area (Å²) in [5.41, 5.74) is 0.297. The number of pyridine rings is 1. The zero-order valence-electron chi connectivity index (χ0n) is 12.8. The Kier molecular flexibility index (Phi) is 3.63. The SMILES string of the molecule is Cl.O=C(N[C@@H]1C2CCN(CC2)C12CC2)c1cc2cccnc2s1. The molecule has 1 N–H and O–H groups in total. The highest BCUT2D eigenvalue weighted by Crippen LogP contribution is 2.53. The molecule has 1 amide bonds. The third-order valence-corrected chi connectivity index (χ3v) is 6.84. The Hall–Kier alpha value is -1.17. The molecule has 5 heterocycles. The molecule has 0 unspecified atom stereocenters. The zero-order chi connectivity index (χ0) is 14.7. The molecule has 3 aliphatic heterocycles. The molecule has 2 aromatic heterocycles. The molecule has 4 nitrogen and oxygen atoms in total. The Balaban J connectivity index is 0.00000135. The maximum atomic E-state index is 12.7. The van der Waals surface area contributed by atoms with Crippen molar-refractivity contribution in [2.75, 3.05) is 13.1 Å². The summed E-state index contributed by atoms with van der Waals surface area (Å²) in [5.74, 6) is 0.761. The number of fused-ring (bicyclic) bond motifs is 3. The van der Waals surface area contributed by atoms with Crippen LogP contribution < -0.4 is 5.32 Å². The molecular weight excluding hydrogens is 330 g/mol. The number of hydrogen-bond acceptors (Lipinski definition) is 4. The third kappa shape index (κ3) is 2.29. The van der Waals surface area contributed by atoms with Gasteiger partial charge in [-0.3, -0.25) is 9.69 Å². The van der Waals surface area contributed by atoms with Gasteiger partial charge >= 0.3 is 0 Å². The van der Waals surface area contributed by atoms with Crippen molar-refractivity contribution in [3.63, 3.8) is 0 Å². The van der Waals surface area contributed by atoms with E-state index in [1.165, 1.54) is 50.1 Å². The summed E-state index contributed by atoms with van der Waals surface area (Å²) in [6.45, 7) is 2.45. The Morgan fingerprint density at radius 1 is 1.35 bits per heavy atom. The van der Waals surface area contributed by atoms with Crippen molar-refractivity contribution in [3.05, 3.63) is 29.3 Å². The first-order valence-corrected chi connectivity index (χ1v) is 8.98. The number of thiophene rings is 1. The molecule has 6 heteroatoms. The Bertz CT molecular complexity index is 716. The highest BCUT2D eigenvalue weighted by Gasteiger charge is 2.60. The Morgan fingerprint density at radius 2 is 2.13 bits per heavy atom. The van der Waals surface area contributed by atoms with Crippen LogP contribution >= 0.6 is 23.7 Å². The van der Waals surface area contributed by atoms with E-state index >= 15 is 0 Å². The normalized spacial score (nSPS) is 30.2. The number of piperidine rings is 3. The van der Waals surface area contributed by atoms with Crippen molar-refractivity contribution in [1.82, 2.24) is 15.2 Å². The number of nitrogens with one attached hydrogen (secondary N) is 1. The van der Waals surface area contributed by atoms with Crippen molar-refractivity contribution >= 4 is 39.9 Å². The highest BCUT2D eigenvalue weighted by molar-refractivity contribution is 7.20. The molecule has 1 saturated carbocycles. The van der Waals surface area contributed by atoms with Gasteiger partial charge in [0, 0.05) is 17.1 Å². The van der Waals surface area contributed by atoms with E-state index in [-0.39, 0.29) is 18.3 Å². The van der Waals surface area contributed by atoms with E-state index in [1.807, 2.05) is 18.2 Å². The van der Waals surface area contributed by atoms with Crippen molar-refractivity contribution in [2.24, 2.45) is 5.92 Å². The van der Waals surface area contributed by atoms with Crippen molar-refractivity contribution in [1.29, 1.82) is 0 Å². The van der Waals surface area contributed by atoms with Gasteiger partial charge in [-0.25, -0.2) is 4.98 Å². The van der Waals surface area contributed by atoms with Crippen molar-refractivity contribution < 1.29 is 4.79 Å². The number of amides is 1.